The second-order valence-electron chi connectivity index (χ2n) is 8.94. The highest BCUT2D eigenvalue weighted by Crippen LogP contribution is 2.32. The number of hydrogen-bond acceptors (Lipinski definition) is 7. The van der Waals surface area contributed by atoms with E-state index < -0.39 is 5.60 Å². The Bertz CT molecular complexity index is 1080. The predicted molar refractivity (Wildman–Crippen MR) is 119 cm³/mol. The fourth-order valence-corrected chi connectivity index (χ4v) is 3.96. The van der Waals surface area contributed by atoms with Gasteiger partial charge >= 0.3 is 6.09 Å². The zero-order chi connectivity index (χ0) is 22.2. The lowest BCUT2D eigenvalue weighted by Crippen LogP contribution is -2.47. The number of pyridine rings is 1. The fourth-order valence-electron chi connectivity index (χ4n) is 3.96. The molecular weight excluding hydrogens is 394 g/mol. The number of hydrogen-bond donors (Lipinski definition) is 0. The van der Waals surface area contributed by atoms with Crippen molar-refractivity contribution >= 4 is 22.7 Å². The normalized spacial score (nSPS) is 15.3. The summed E-state index contributed by atoms with van der Waals surface area (Å²) in [6.45, 7) is 7.21. The number of rotatable bonds is 3. The van der Waals surface area contributed by atoms with Crippen molar-refractivity contribution in [3.8, 4) is 11.4 Å². The van der Waals surface area contributed by atoms with E-state index in [1.54, 1.807) is 22.0 Å². The molecule has 31 heavy (non-hydrogen) atoms. The van der Waals surface area contributed by atoms with Crippen molar-refractivity contribution in [2.75, 3.05) is 25.0 Å². The molecule has 1 amide bonds. The number of nitrogens with zero attached hydrogens (tertiary/aromatic N) is 7. The zero-order valence-electron chi connectivity index (χ0n) is 18.7. The number of aryl methyl sites for hydroxylation is 1. The van der Waals surface area contributed by atoms with Crippen molar-refractivity contribution < 1.29 is 9.53 Å². The van der Waals surface area contributed by atoms with Gasteiger partial charge in [-0.2, -0.15) is 5.10 Å². The summed E-state index contributed by atoms with van der Waals surface area (Å²) in [7, 11) is 3.71. The summed E-state index contributed by atoms with van der Waals surface area (Å²) >= 11 is 0. The summed E-state index contributed by atoms with van der Waals surface area (Å²) in [5.74, 6) is 0.826. The molecule has 0 N–H and O–H groups in total. The topological polar surface area (TPSA) is 89.3 Å². The van der Waals surface area contributed by atoms with Crippen LogP contribution in [0.2, 0.25) is 0 Å². The van der Waals surface area contributed by atoms with Crippen LogP contribution in [0.15, 0.2) is 30.7 Å². The average molecular weight is 424 g/mol. The molecule has 9 heteroatoms. The van der Waals surface area contributed by atoms with Crippen LogP contribution in [-0.2, 0) is 11.8 Å². The lowest BCUT2D eigenvalue weighted by atomic mass is 10.0. The van der Waals surface area contributed by atoms with Crippen molar-refractivity contribution in [2.24, 2.45) is 7.05 Å². The Morgan fingerprint density at radius 1 is 1.13 bits per heavy atom. The highest BCUT2D eigenvalue weighted by molar-refractivity contribution is 5.99. The number of fused-ring (bicyclic) bond motifs is 1. The van der Waals surface area contributed by atoms with Gasteiger partial charge in [0, 0.05) is 62.6 Å². The minimum atomic E-state index is -0.497. The lowest BCUT2D eigenvalue weighted by Gasteiger charge is -2.37. The predicted octanol–water partition coefficient (Wildman–Crippen LogP) is 3.26. The third-order valence-corrected chi connectivity index (χ3v) is 5.62. The Labute approximate surface area is 182 Å². The molecule has 1 saturated heterocycles. The van der Waals surface area contributed by atoms with Crippen LogP contribution in [0.3, 0.4) is 0 Å². The van der Waals surface area contributed by atoms with E-state index in [0.717, 1.165) is 53.9 Å². The van der Waals surface area contributed by atoms with Gasteiger partial charge in [-0.3, -0.25) is 9.67 Å². The Balaban J connectivity index is 1.54. The van der Waals surface area contributed by atoms with Crippen LogP contribution in [0, 0.1) is 0 Å². The highest BCUT2D eigenvalue weighted by Gasteiger charge is 2.30. The summed E-state index contributed by atoms with van der Waals surface area (Å²) in [5, 5.41) is 15.3. The molecule has 1 aliphatic rings. The third-order valence-electron chi connectivity index (χ3n) is 5.62. The van der Waals surface area contributed by atoms with Gasteiger partial charge in [0.1, 0.15) is 11.3 Å². The maximum atomic E-state index is 12.4. The second-order valence-corrected chi connectivity index (χ2v) is 8.94. The van der Waals surface area contributed by atoms with E-state index in [1.807, 2.05) is 53.2 Å². The first kappa shape index (κ1) is 21.0. The number of piperidine rings is 1. The summed E-state index contributed by atoms with van der Waals surface area (Å²) in [6.07, 6.45) is 6.77. The van der Waals surface area contributed by atoms with E-state index in [9.17, 15) is 4.79 Å². The third kappa shape index (κ3) is 4.30. The van der Waals surface area contributed by atoms with Crippen molar-refractivity contribution in [2.45, 2.75) is 45.3 Å². The molecular formula is C22H29N7O2. The molecule has 0 unspecified atom stereocenters. The first-order chi connectivity index (χ1) is 14.7. The average Bonchev–Trinajstić information content (AvgIpc) is 3.17. The van der Waals surface area contributed by atoms with Crippen molar-refractivity contribution in [1.29, 1.82) is 0 Å². The largest absolute Gasteiger partial charge is 0.444 e. The molecule has 0 aromatic carbocycles. The molecule has 4 heterocycles. The van der Waals surface area contributed by atoms with Gasteiger partial charge in [0.05, 0.1) is 5.69 Å². The second kappa shape index (κ2) is 8.13. The Kier molecular flexibility index (Phi) is 5.51. The van der Waals surface area contributed by atoms with Gasteiger partial charge in [0.25, 0.3) is 0 Å². The summed E-state index contributed by atoms with van der Waals surface area (Å²) < 4.78 is 7.31. The Morgan fingerprint density at radius 2 is 1.87 bits per heavy atom. The van der Waals surface area contributed by atoms with E-state index >= 15 is 0 Å². The number of aromatic nitrogens is 5. The van der Waals surface area contributed by atoms with E-state index in [2.05, 4.69) is 25.2 Å². The quantitative estimate of drug-likeness (QED) is 0.639. The first-order valence-corrected chi connectivity index (χ1v) is 10.5. The Hall–Kier alpha value is -3.23. The number of carbonyl (C=O) groups is 1. The van der Waals surface area contributed by atoms with Crippen molar-refractivity contribution in [1.82, 2.24) is 29.9 Å². The molecule has 0 atom stereocenters. The SMILES string of the molecule is CN(C(=O)OC(C)(C)C)C1CCN(c2nnc(-c3ccnn3C)c3ccncc23)CC1. The van der Waals surface area contributed by atoms with Crippen LogP contribution < -0.4 is 4.90 Å². The fraction of sp³-hybridized carbons (Fsp3) is 0.500. The number of amides is 1. The molecule has 9 nitrogen and oxygen atoms in total. The monoisotopic (exact) mass is 423 g/mol. The van der Waals surface area contributed by atoms with Crippen LogP contribution in [0.1, 0.15) is 33.6 Å². The van der Waals surface area contributed by atoms with Gasteiger partial charge in [-0.05, 0) is 45.7 Å². The van der Waals surface area contributed by atoms with Crippen molar-refractivity contribution in [3.63, 3.8) is 0 Å². The molecule has 4 rings (SSSR count). The molecule has 0 aliphatic carbocycles. The van der Waals surface area contributed by atoms with Gasteiger partial charge in [-0.25, -0.2) is 4.79 Å². The first-order valence-electron chi connectivity index (χ1n) is 10.5. The van der Waals surface area contributed by atoms with Gasteiger partial charge in [0.2, 0.25) is 0 Å². The molecule has 164 valence electrons. The summed E-state index contributed by atoms with van der Waals surface area (Å²) in [6, 6.07) is 4.04. The molecule has 3 aromatic heterocycles. The number of carbonyl (C=O) groups excluding carboxylic acids is 1. The standard InChI is InChI=1S/C22H29N7O2/c1-22(2,3)31-21(30)27(4)15-8-12-29(13-9-15)20-17-14-23-10-6-16(17)19(25-26-20)18-7-11-24-28(18)5/h6-7,10-11,14-15H,8-9,12-13H2,1-5H3. The zero-order valence-corrected chi connectivity index (χ0v) is 18.7. The van der Waals surface area contributed by atoms with E-state index in [4.69, 9.17) is 4.74 Å². The molecule has 0 radical (unpaired) electrons. The summed E-state index contributed by atoms with van der Waals surface area (Å²) in [5.41, 5.74) is 1.21. The maximum absolute atomic E-state index is 12.4. The summed E-state index contributed by atoms with van der Waals surface area (Å²) in [4.78, 5) is 20.7. The van der Waals surface area contributed by atoms with Gasteiger partial charge in [0.15, 0.2) is 5.82 Å². The molecule has 0 saturated carbocycles. The van der Waals surface area contributed by atoms with Gasteiger partial charge < -0.3 is 14.5 Å². The smallest absolute Gasteiger partial charge is 0.410 e. The van der Waals surface area contributed by atoms with Gasteiger partial charge in [-0.1, -0.05) is 0 Å². The van der Waals surface area contributed by atoms with Crippen LogP contribution in [0.5, 0.6) is 0 Å². The number of anilines is 1. The molecule has 1 aliphatic heterocycles. The van der Waals surface area contributed by atoms with E-state index in [0.29, 0.717) is 0 Å². The molecule has 0 spiro atoms. The van der Waals surface area contributed by atoms with Crippen LogP contribution in [0.4, 0.5) is 10.6 Å². The molecule has 0 bridgehead atoms. The van der Waals surface area contributed by atoms with Crippen LogP contribution >= 0.6 is 0 Å². The Morgan fingerprint density at radius 3 is 2.52 bits per heavy atom. The van der Waals surface area contributed by atoms with Gasteiger partial charge in [-0.15, -0.1) is 10.2 Å². The molecule has 3 aromatic rings. The lowest BCUT2D eigenvalue weighted by molar-refractivity contribution is 0.0201. The minimum Gasteiger partial charge on any atom is -0.444 e. The van der Waals surface area contributed by atoms with E-state index in [1.165, 1.54) is 0 Å². The number of ether oxygens (including phenoxy) is 1. The van der Waals surface area contributed by atoms with Crippen molar-refractivity contribution in [3.05, 3.63) is 30.7 Å². The molecule has 1 fully saturated rings. The van der Waals surface area contributed by atoms with Crippen LogP contribution in [0.25, 0.3) is 22.2 Å². The minimum absolute atomic E-state index is 0.136. The highest BCUT2D eigenvalue weighted by atomic mass is 16.6. The van der Waals surface area contributed by atoms with Crippen LogP contribution in [-0.4, -0.2) is 67.7 Å². The van der Waals surface area contributed by atoms with E-state index in [-0.39, 0.29) is 12.1 Å². The maximum Gasteiger partial charge on any atom is 0.410 e.